The van der Waals surface area contributed by atoms with Gasteiger partial charge in [-0.15, -0.1) is 0 Å². The molecule has 3 aromatic rings. The maximum Gasteiger partial charge on any atom is 0.254 e. The van der Waals surface area contributed by atoms with Gasteiger partial charge >= 0.3 is 0 Å². The molecule has 0 aromatic heterocycles. The van der Waals surface area contributed by atoms with Gasteiger partial charge in [-0.1, -0.05) is 79.9 Å². The lowest BCUT2D eigenvalue weighted by molar-refractivity contribution is 0.0588. The first-order chi connectivity index (χ1) is 17.6. The number of hydrogen-bond donors (Lipinski definition) is 1. The number of rotatable bonds is 7. The van der Waals surface area contributed by atoms with Crippen LogP contribution in [0.1, 0.15) is 65.1 Å². The number of para-hydroxylation sites is 1. The summed E-state index contributed by atoms with van der Waals surface area (Å²) in [7, 11) is 0. The van der Waals surface area contributed by atoms with Crippen molar-refractivity contribution in [2.75, 3.05) is 19.6 Å². The van der Waals surface area contributed by atoms with Gasteiger partial charge in [-0.2, -0.15) is 0 Å². The van der Waals surface area contributed by atoms with Gasteiger partial charge in [0.25, 0.3) is 5.91 Å². The molecule has 5 rings (SSSR count). The SMILES string of the molecule is Cc1ccccc1[C@H]1CN(Cc2ccccc2O)C[C@H]1CN(C(=O)c1ccccc1)C1CCCCC1. The van der Waals surface area contributed by atoms with Crippen molar-refractivity contribution >= 4 is 5.91 Å². The Morgan fingerprint density at radius 3 is 2.33 bits per heavy atom. The molecule has 0 spiro atoms. The van der Waals surface area contributed by atoms with Gasteiger partial charge in [0.2, 0.25) is 0 Å². The Labute approximate surface area is 215 Å². The normalized spacial score (nSPS) is 20.9. The molecule has 3 aromatic carbocycles. The number of benzene rings is 3. The molecule has 1 amide bonds. The van der Waals surface area contributed by atoms with Crippen molar-refractivity contribution in [2.24, 2.45) is 5.92 Å². The van der Waals surface area contributed by atoms with Crippen LogP contribution in [-0.4, -0.2) is 46.5 Å². The smallest absolute Gasteiger partial charge is 0.254 e. The zero-order valence-corrected chi connectivity index (χ0v) is 21.4. The topological polar surface area (TPSA) is 43.8 Å². The van der Waals surface area contributed by atoms with Crippen molar-refractivity contribution in [3.63, 3.8) is 0 Å². The van der Waals surface area contributed by atoms with Gasteiger partial charge in [0.1, 0.15) is 5.75 Å². The Kier molecular flexibility index (Phi) is 7.72. The molecule has 0 radical (unpaired) electrons. The first-order valence-electron chi connectivity index (χ1n) is 13.5. The van der Waals surface area contributed by atoms with Crippen LogP contribution >= 0.6 is 0 Å². The summed E-state index contributed by atoms with van der Waals surface area (Å²) in [5, 5.41) is 10.4. The summed E-state index contributed by atoms with van der Waals surface area (Å²) in [6.07, 6.45) is 5.88. The molecule has 2 aliphatic rings. The molecular weight excluding hydrogens is 444 g/mol. The summed E-state index contributed by atoms with van der Waals surface area (Å²) in [6, 6.07) is 26.5. The predicted octanol–water partition coefficient (Wildman–Crippen LogP) is 6.39. The molecule has 1 saturated heterocycles. The van der Waals surface area contributed by atoms with E-state index < -0.39 is 0 Å². The molecule has 4 nitrogen and oxygen atoms in total. The van der Waals surface area contributed by atoms with E-state index in [9.17, 15) is 9.90 Å². The van der Waals surface area contributed by atoms with E-state index in [1.807, 2.05) is 48.5 Å². The van der Waals surface area contributed by atoms with Gasteiger partial charge in [-0.3, -0.25) is 9.69 Å². The second-order valence-corrected chi connectivity index (χ2v) is 10.7. The summed E-state index contributed by atoms with van der Waals surface area (Å²) >= 11 is 0. The van der Waals surface area contributed by atoms with Crippen molar-refractivity contribution in [3.05, 3.63) is 101 Å². The Morgan fingerprint density at radius 2 is 1.58 bits per heavy atom. The summed E-state index contributed by atoms with van der Waals surface area (Å²) in [6.45, 7) is 5.54. The van der Waals surface area contributed by atoms with Gasteiger partial charge in [0.15, 0.2) is 0 Å². The molecule has 1 N–H and O–H groups in total. The zero-order valence-electron chi connectivity index (χ0n) is 21.4. The third-order valence-electron chi connectivity index (χ3n) is 8.22. The van der Waals surface area contributed by atoms with E-state index in [2.05, 4.69) is 41.0 Å². The Morgan fingerprint density at radius 1 is 0.889 bits per heavy atom. The van der Waals surface area contributed by atoms with E-state index >= 15 is 0 Å². The van der Waals surface area contributed by atoms with E-state index in [1.165, 1.54) is 30.4 Å². The quantitative estimate of drug-likeness (QED) is 0.424. The molecule has 2 atom stereocenters. The van der Waals surface area contributed by atoms with Crippen LogP contribution in [0.4, 0.5) is 0 Å². The number of hydrogen-bond acceptors (Lipinski definition) is 3. The lowest BCUT2D eigenvalue weighted by Gasteiger charge is -2.37. The van der Waals surface area contributed by atoms with Crippen LogP contribution in [0.15, 0.2) is 78.9 Å². The fourth-order valence-electron chi connectivity index (χ4n) is 6.30. The lowest BCUT2D eigenvalue weighted by Crippen LogP contribution is -2.45. The first kappa shape index (κ1) is 24.6. The van der Waals surface area contributed by atoms with Crippen LogP contribution in [-0.2, 0) is 6.54 Å². The minimum absolute atomic E-state index is 0.171. The third-order valence-corrected chi connectivity index (χ3v) is 8.22. The fraction of sp³-hybridized carbons (Fsp3) is 0.406. The molecular formula is C32H38N2O2. The maximum absolute atomic E-state index is 13.8. The average Bonchev–Trinajstić information content (AvgIpc) is 3.31. The lowest BCUT2D eigenvalue weighted by atomic mass is 9.85. The van der Waals surface area contributed by atoms with Gasteiger partial charge < -0.3 is 10.0 Å². The van der Waals surface area contributed by atoms with Crippen LogP contribution < -0.4 is 0 Å². The van der Waals surface area contributed by atoms with Crippen LogP contribution in [0.3, 0.4) is 0 Å². The molecule has 2 fully saturated rings. The molecule has 1 aliphatic heterocycles. The van der Waals surface area contributed by atoms with Crippen LogP contribution in [0, 0.1) is 12.8 Å². The third kappa shape index (κ3) is 5.49. The van der Waals surface area contributed by atoms with Crippen LogP contribution in [0.25, 0.3) is 0 Å². The van der Waals surface area contributed by atoms with Gasteiger partial charge in [-0.25, -0.2) is 0 Å². The number of aryl methyl sites for hydroxylation is 1. The van der Waals surface area contributed by atoms with Gasteiger partial charge in [0.05, 0.1) is 0 Å². The van der Waals surface area contributed by atoms with E-state index in [1.54, 1.807) is 6.07 Å². The first-order valence-corrected chi connectivity index (χ1v) is 13.5. The molecule has 0 unspecified atom stereocenters. The van der Waals surface area contributed by atoms with Gasteiger partial charge in [-0.05, 0) is 55.0 Å². The van der Waals surface area contributed by atoms with E-state index in [0.717, 1.165) is 50.1 Å². The largest absolute Gasteiger partial charge is 0.508 e. The van der Waals surface area contributed by atoms with Crippen LogP contribution in [0.2, 0.25) is 0 Å². The number of likely N-dealkylation sites (tertiary alicyclic amines) is 1. The van der Waals surface area contributed by atoms with Crippen LogP contribution in [0.5, 0.6) is 5.75 Å². The minimum atomic E-state index is 0.171. The highest BCUT2D eigenvalue weighted by Gasteiger charge is 2.38. The Bertz CT molecular complexity index is 1160. The number of phenolic OH excluding ortho intramolecular Hbond substituents is 1. The minimum Gasteiger partial charge on any atom is -0.508 e. The highest BCUT2D eigenvalue weighted by Crippen LogP contribution is 2.37. The van der Waals surface area contributed by atoms with E-state index in [0.29, 0.717) is 23.6 Å². The predicted molar refractivity (Wildman–Crippen MR) is 145 cm³/mol. The highest BCUT2D eigenvalue weighted by atomic mass is 16.3. The second-order valence-electron chi connectivity index (χ2n) is 10.7. The second kappa shape index (κ2) is 11.3. The number of carbonyl (C=O) groups excluding carboxylic acids is 1. The average molecular weight is 483 g/mol. The van der Waals surface area contributed by atoms with Crippen molar-refractivity contribution in [1.82, 2.24) is 9.80 Å². The monoisotopic (exact) mass is 482 g/mol. The fourth-order valence-corrected chi connectivity index (χ4v) is 6.30. The van der Waals surface area contributed by atoms with Gasteiger partial charge in [0, 0.05) is 49.3 Å². The number of carbonyl (C=O) groups is 1. The molecule has 1 heterocycles. The highest BCUT2D eigenvalue weighted by molar-refractivity contribution is 5.94. The standard InChI is InChI=1S/C32H38N2O2/c1-24-12-8-10-18-29(24)30-23-33(20-26-15-9-11-19-31(26)35)21-27(30)22-34(28-16-6-3-7-17-28)32(36)25-13-4-2-5-14-25/h2,4-5,8-15,18-19,27-28,30,35H,3,6-7,16-17,20-23H2,1H3/t27-,30-/m0/s1. The number of phenols is 1. The van der Waals surface area contributed by atoms with Crippen molar-refractivity contribution < 1.29 is 9.90 Å². The number of amides is 1. The summed E-state index contributed by atoms with van der Waals surface area (Å²) in [5.74, 6) is 1.22. The Hall–Kier alpha value is -3.11. The van der Waals surface area contributed by atoms with Crippen molar-refractivity contribution in [2.45, 2.75) is 57.5 Å². The summed E-state index contributed by atoms with van der Waals surface area (Å²) in [5.41, 5.74) is 4.46. The summed E-state index contributed by atoms with van der Waals surface area (Å²) in [4.78, 5) is 18.5. The molecule has 188 valence electrons. The van der Waals surface area contributed by atoms with E-state index in [-0.39, 0.29) is 5.91 Å². The Balaban J connectivity index is 1.43. The molecule has 0 bridgehead atoms. The number of nitrogens with zero attached hydrogens (tertiary/aromatic N) is 2. The molecule has 1 aliphatic carbocycles. The number of aromatic hydroxyl groups is 1. The summed E-state index contributed by atoms with van der Waals surface area (Å²) < 4.78 is 0. The van der Waals surface area contributed by atoms with Crippen molar-refractivity contribution in [1.29, 1.82) is 0 Å². The molecule has 4 heteroatoms. The molecule has 36 heavy (non-hydrogen) atoms. The molecule has 1 saturated carbocycles. The van der Waals surface area contributed by atoms with E-state index in [4.69, 9.17) is 0 Å². The maximum atomic E-state index is 13.8. The van der Waals surface area contributed by atoms with Crippen molar-refractivity contribution in [3.8, 4) is 5.75 Å². The zero-order chi connectivity index (χ0) is 24.9.